The van der Waals surface area contributed by atoms with Crippen LogP contribution < -0.4 is 20.1 Å². The molecule has 0 atom stereocenters. The summed E-state index contributed by atoms with van der Waals surface area (Å²) in [5.74, 6) is 0.890. The second-order valence-electron chi connectivity index (χ2n) is 6.22. The molecule has 7 nitrogen and oxygen atoms in total. The van der Waals surface area contributed by atoms with Crippen LogP contribution in [0.2, 0.25) is 0 Å². The Kier molecular flexibility index (Phi) is 10.7. The zero-order valence-electron chi connectivity index (χ0n) is 17.0. The number of guanidine groups is 1. The summed E-state index contributed by atoms with van der Waals surface area (Å²) in [4.78, 5) is 4.17. The van der Waals surface area contributed by atoms with Crippen molar-refractivity contribution < 1.29 is 18.3 Å². The van der Waals surface area contributed by atoms with Crippen LogP contribution in [0.1, 0.15) is 23.4 Å². The molecular weight excluding hydrogens is 495 g/mol. The van der Waals surface area contributed by atoms with Crippen LogP contribution in [-0.4, -0.2) is 43.1 Å². The van der Waals surface area contributed by atoms with Gasteiger partial charge in [-0.15, -0.1) is 24.0 Å². The van der Waals surface area contributed by atoms with Gasteiger partial charge in [-0.25, -0.2) is 0 Å². The van der Waals surface area contributed by atoms with Gasteiger partial charge in [-0.1, -0.05) is 6.07 Å². The first-order valence-corrected chi connectivity index (χ1v) is 9.00. The molecule has 10 heteroatoms. The molecule has 0 aliphatic rings. The quantitative estimate of drug-likeness (QED) is 0.228. The van der Waals surface area contributed by atoms with Gasteiger partial charge in [-0.2, -0.15) is 13.9 Å². The number of methoxy groups -OCH3 is 1. The molecule has 0 amide bonds. The fourth-order valence-corrected chi connectivity index (χ4v) is 2.76. The number of aryl methyl sites for hydroxylation is 3. The average molecular weight is 523 g/mol. The fraction of sp³-hybridized carbons (Fsp3) is 0.474. The van der Waals surface area contributed by atoms with Gasteiger partial charge in [0.15, 0.2) is 17.5 Å². The van der Waals surface area contributed by atoms with Crippen LogP contribution in [0.5, 0.6) is 11.5 Å². The fourth-order valence-electron chi connectivity index (χ4n) is 2.76. The molecule has 0 aliphatic carbocycles. The van der Waals surface area contributed by atoms with Gasteiger partial charge in [-0.05, 0) is 44.0 Å². The lowest BCUT2D eigenvalue weighted by atomic mass is 10.2. The molecule has 2 aromatic rings. The Morgan fingerprint density at radius 3 is 2.55 bits per heavy atom. The van der Waals surface area contributed by atoms with E-state index in [1.54, 1.807) is 19.2 Å². The lowest BCUT2D eigenvalue weighted by Crippen LogP contribution is -2.37. The largest absolute Gasteiger partial charge is 0.493 e. The number of nitrogens with zero attached hydrogens (tertiary/aromatic N) is 3. The summed E-state index contributed by atoms with van der Waals surface area (Å²) in [5.41, 5.74) is 2.92. The minimum absolute atomic E-state index is 0. The van der Waals surface area contributed by atoms with Crippen LogP contribution in [0, 0.1) is 13.8 Å². The smallest absolute Gasteiger partial charge is 0.387 e. The van der Waals surface area contributed by atoms with Crippen molar-refractivity contribution in [2.75, 3.05) is 20.7 Å². The summed E-state index contributed by atoms with van der Waals surface area (Å²) < 4.78 is 36.6. The Morgan fingerprint density at radius 2 is 1.97 bits per heavy atom. The van der Waals surface area contributed by atoms with Gasteiger partial charge >= 0.3 is 6.61 Å². The van der Waals surface area contributed by atoms with E-state index < -0.39 is 6.61 Å². The third-order valence-electron chi connectivity index (χ3n) is 4.07. The van der Waals surface area contributed by atoms with E-state index in [0.29, 0.717) is 12.5 Å². The standard InChI is InChI=1S/C19H27F2N5O2.HI/c1-13-10-14(2)26(25-13)9-5-8-23-19(22-3)24-12-15-6-7-16(27-4)17(11-15)28-18(20)21;/h6-7,10-11,18H,5,8-9,12H2,1-4H3,(H2,22,23,24);1H. The maximum Gasteiger partial charge on any atom is 0.387 e. The first kappa shape index (κ1) is 24.9. The van der Waals surface area contributed by atoms with Gasteiger partial charge in [0.25, 0.3) is 0 Å². The summed E-state index contributed by atoms with van der Waals surface area (Å²) in [5, 5.41) is 10.8. The lowest BCUT2D eigenvalue weighted by Gasteiger charge is -2.14. The van der Waals surface area contributed by atoms with E-state index in [-0.39, 0.29) is 35.5 Å². The molecule has 1 aromatic heterocycles. The first-order valence-electron chi connectivity index (χ1n) is 9.00. The molecule has 0 aliphatic heterocycles. The third kappa shape index (κ3) is 8.03. The molecule has 0 bridgehead atoms. The van der Waals surface area contributed by atoms with Crippen molar-refractivity contribution in [1.82, 2.24) is 20.4 Å². The van der Waals surface area contributed by atoms with Crippen LogP contribution >= 0.6 is 24.0 Å². The second kappa shape index (κ2) is 12.5. The number of alkyl halides is 2. The molecule has 0 unspecified atom stereocenters. The van der Waals surface area contributed by atoms with Crippen LogP contribution in [-0.2, 0) is 13.1 Å². The number of ether oxygens (including phenoxy) is 2. The molecule has 29 heavy (non-hydrogen) atoms. The van der Waals surface area contributed by atoms with Crippen molar-refractivity contribution in [2.45, 2.75) is 40.0 Å². The zero-order valence-corrected chi connectivity index (χ0v) is 19.4. The minimum atomic E-state index is -2.91. The van der Waals surface area contributed by atoms with Crippen molar-refractivity contribution in [2.24, 2.45) is 4.99 Å². The van der Waals surface area contributed by atoms with Gasteiger partial charge in [0.2, 0.25) is 0 Å². The number of hydrogen-bond donors (Lipinski definition) is 2. The van der Waals surface area contributed by atoms with E-state index in [1.165, 1.54) is 13.2 Å². The van der Waals surface area contributed by atoms with E-state index in [2.05, 4.69) is 31.5 Å². The lowest BCUT2D eigenvalue weighted by molar-refractivity contribution is -0.0512. The summed E-state index contributed by atoms with van der Waals surface area (Å²) >= 11 is 0. The summed E-state index contributed by atoms with van der Waals surface area (Å²) in [6, 6.07) is 6.95. The van der Waals surface area contributed by atoms with Crippen LogP contribution in [0.25, 0.3) is 0 Å². The Balaban J connectivity index is 0.00000420. The maximum absolute atomic E-state index is 12.5. The van der Waals surface area contributed by atoms with Gasteiger partial charge in [0, 0.05) is 32.4 Å². The summed E-state index contributed by atoms with van der Waals surface area (Å²) in [7, 11) is 3.08. The number of rotatable bonds is 9. The Bertz CT molecular complexity index is 799. The average Bonchev–Trinajstić information content (AvgIpc) is 2.98. The van der Waals surface area contributed by atoms with E-state index in [4.69, 9.17) is 4.74 Å². The Hall–Kier alpha value is -2.11. The highest BCUT2D eigenvalue weighted by Crippen LogP contribution is 2.29. The number of halogens is 3. The number of aliphatic imine (C=N–C) groups is 1. The van der Waals surface area contributed by atoms with E-state index in [0.717, 1.165) is 36.5 Å². The molecule has 1 aromatic carbocycles. The molecule has 0 radical (unpaired) electrons. The molecule has 0 saturated heterocycles. The van der Waals surface area contributed by atoms with Gasteiger partial charge < -0.3 is 20.1 Å². The number of benzene rings is 1. The Labute approximate surface area is 186 Å². The minimum Gasteiger partial charge on any atom is -0.493 e. The van der Waals surface area contributed by atoms with Crippen molar-refractivity contribution in [3.63, 3.8) is 0 Å². The molecule has 162 valence electrons. The molecular formula is C19H28F2IN5O2. The second-order valence-corrected chi connectivity index (χ2v) is 6.22. The predicted octanol–water partition coefficient (Wildman–Crippen LogP) is 3.48. The number of nitrogens with one attached hydrogen (secondary N) is 2. The third-order valence-corrected chi connectivity index (χ3v) is 4.07. The predicted molar refractivity (Wildman–Crippen MR) is 120 cm³/mol. The SMILES string of the molecule is CN=C(NCCCn1nc(C)cc1C)NCc1ccc(OC)c(OC(F)F)c1.I. The summed E-state index contributed by atoms with van der Waals surface area (Å²) in [6.45, 7) is 3.05. The topological polar surface area (TPSA) is 72.7 Å². The molecule has 0 saturated carbocycles. The van der Waals surface area contributed by atoms with Crippen LogP contribution in [0.15, 0.2) is 29.3 Å². The molecule has 0 fully saturated rings. The van der Waals surface area contributed by atoms with Crippen molar-refractivity contribution in [3.8, 4) is 11.5 Å². The zero-order chi connectivity index (χ0) is 20.5. The normalized spacial score (nSPS) is 11.2. The highest BCUT2D eigenvalue weighted by Gasteiger charge is 2.11. The first-order chi connectivity index (χ1) is 13.4. The van der Waals surface area contributed by atoms with Crippen molar-refractivity contribution in [1.29, 1.82) is 0 Å². The van der Waals surface area contributed by atoms with Crippen molar-refractivity contribution in [3.05, 3.63) is 41.2 Å². The van der Waals surface area contributed by atoms with Gasteiger partial charge in [0.05, 0.1) is 12.8 Å². The molecule has 2 rings (SSSR count). The van der Waals surface area contributed by atoms with Crippen LogP contribution in [0.4, 0.5) is 8.78 Å². The highest BCUT2D eigenvalue weighted by atomic mass is 127. The summed E-state index contributed by atoms with van der Waals surface area (Å²) in [6.07, 6.45) is 0.886. The highest BCUT2D eigenvalue weighted by molar-refractivity contribution is 14.0. The molecule has 1 heterocycles. The Morgan fingerprint density at radius 1 is 1.21 bits per heavy atom. The molecule has 2 N–H and O–H groups in total. The monoisotopic (exact) mass is 523 g/mol. The van der Waals surface area contributed by atoms with E-state index in [1.807, 2.05) is 18.5 Å². The van der Waals surface area contributed by atoms with E-state index >= 15 is 0 Å². The maximum atomic E-state index is 12.5. The van der Waals surface area contributed by atoms with Crippen LogP contribution in [0.3, 0.4) is 0 Å². The molecule has 0 spiro atoms. The van der Waals surface area contributed by atoms with E-state index in [9.17, 15) is 8.78 Å². The van der Waals surface area contributed by atoms with Gasteiger partial charge in [-0.3, -0.25) is 9.67 Å². The van der Waals surface area contributed by atoms with Gasteiger partial charge in [0.1, 0.15) is 0 Å². The van der Waals surface area contributed by atoms with Crippen molar-refractivity contribution >= 4 is 29.9 Å². The number of aromatic nitrogens is 2. The number of hydrogen-bond acceptors (Lipinski definition) is 4.